The Hall–Kier alpha value is -2.21. The SMILES string of the molecule is CC(C)(C)OC(=O)NCC(O)=C(C#N)C#N. The summed E-state index contributed by atoms with van der Waals surface area (Å²) in [5.41, 5.74) is -1.08. The topological polar surface area (TPSA) is 106 Å². The minimum absolute atomic E-state index is 0.314. The van der Waals surface area contributed by atoms with Crippen LogP contribution in [-0.4, -0.2) is 23.3 Å². The van der Waals surface area contributed by atoms with E-state index in [1.807, 2.05) is 0 Å². The molecule has 0 spiro atoms. The lowest BCUT2D eigenvalue weighted by molar-refractivity contribution is 0.0527. The number of nitrogens with zero attached hydrogens (tertiary/aromatic N) is 2. The van der Waals surface area contributed by atoms with Gasteiger partial charge in [-0.15, -0.1) is 0 Å². The van der Waals surface area contributed by atoms with Crippen molar-refractivity contribution in [1.82, 2.24) is 5.32 Å². The summed E-state index contributed by atoms with van der Waals surface area (Å²) in [7, 11) is 0. The molecule has 0 aromatic carbocycles. The Balaban J connectivity index is 4.30. The lowest BCUT2D eigenvalue weighted by Crippen LogP contribution is -2.33. The van der Waals surface area contributed by atoms with E-state index in [0.29, 0.717) is 0 Å². The molecule has 0 saturated heterocycles. The Morgan fingerprint density at radius 2 is 1.88 bits per heavy atom. The molecule has 1 amide bonds. The highest BCUT2D eigenvalue weighted by Crippen LogP contribution is 2.06. The molecule has 0 saturated carbocycles. The molecule has 6 heteroatoms. The van der Waals surface area contributed by atoms with E-state index >= 15 is 0 Å². The standard InChI is InChI=1S/C10H13N3O3/c1-10(2,3)16-9(15)13-6-8(14)7(4-11)5-12/h14H,6H2,1-3H3,(H,13,15). The van der Waals surface area contributed by atoms with E-state index < -0.39 is 23.0 Å². The number of ether oxygens (including phenoxy) is 1. The van der Waals surface area contributed by atoms with Crippen LogP contribution in [0.4, 0.5) is 4.79 Å². The molecule has 0 aliphatic heterocycles. The van der Waals surface area contributed by atoms with Crippen LogP contribution >= 0.6 is 0 Å². The van der Waals surface area contributed by atoms with E-state index in [9.17, 15) is 9.90 Å². The van der Waals surface area contributed by atoms with Crippen molar-refractivity contribution in [2.75, 3.05) is 6.54 Å². The molecule has 0 aromatic rings. The monoisotopic (exact) mass is 223 g/mol. The molecule has 0 aliphatic carbocycles. The fraction of sp³-hybridized carbons (Fsp3) is 0.500. The van der Waals surface area contributed by atoms with Gasteiger partial charge in [-0.1, -0.05) is 0 Å². The lowest BCUT2D eigenvalue weighted by atomic mass is 10.2. The molecule has 2 N–H and O–H groups in total. The molecule has 86 valence electrons. The van der Waals surface area contributed by atoms with Crippen LogP contribution in [-0.2, 0) is 4.74 Å². The van der Waals surface area contributed by atoms with Crippen LogP contribution in [0.2, 0.25) is 0 Å². The van der Waals surface area contributed by atoms with Crippen LogP contribution in [0.25, 0.3) is 0 Å². The lowest BCUT2D eigenvalue weighted by Gasteiger charge is -2.19. The third-order valence-electron chi connectivity index (χ3n) is 1.31. The first-order valence-electron chi connectivity index (χ1n) is 4.49. The van der Waals surface area contributed by atoms with Gasteiger partial charge in [0.2, 0.25) is 0 Å². The molecule has 6 nitrogen and oxygen atoms in total. The summed E-state index contributed by atoms with van der Waals surface area (Å²) in [4.78, 5) is 11.1. The van der Waals surface area contributed by atoms with E-state index in [1.54, 1.807) is 20.8 Å². The van der Waals surface area contributed by atoms with E-state index in [1.165, 1.54) is 12.1 Å². The van der Waals surface area contributed by atoms with Gasteiger partial charge in [0.25, 0.3) is 0 Å². The molecular formula is C10H13N3O3. The van der Waals surface area contributed by atoms with Crippen molar-refractivity contribution in [3.05, 3.63) is 11.3 Å². The number of nitriles is 2. The molecule has 0 atom stereocenters. The van der Waals surface area contributed by atoms with Crippen molar-refractivity contribution >= 4 is 6.09 Å². The van der Waals surface area contributed by atoms with Gasteiger partial charge in [-0.05, 0) is 20.8 Å². The van der Waals surface area contributed by atoms with Gasteiger partial charge in [0.1, 0.15) is 23.5 Å². The number of aliphatic hydroxyl groups is 1. The first-order valence-corrected chi connectivity index (χ1v) is 4.49. The number of carbonyl (C=O) groups excluding carboxylic acids is 1. The minimum atomic E-state index is -0.728. The summed E-state index contributed by atoms with van der Waals surface area (Å²) < 4.78 is 4.89. The molecule has 0 radical (unpaired) electrons. The molecule has 0 unspecified atom stereocenters. The van der Waals surface area contributed by atoms with Crippen molar-refractivity contribution in [2.24, 2.45) is 0 Å². The molecule has 16 heavy (non-hydrogen) atoms. The third-order valence-corrected chi connectivity index (χ3v) is 1.31. The number of carbonyl (C=O) groups is 1. The van der Waals surface area contributed by atoms with Gasteiger partial charge in [-0.25, -0.2) is 4.79 Å². The summed E-state index contributed by atoms with van der Waals surface area (Å²) in [6, 6.07) is 3.00. The zero-order valence-corrected chi connectivity index (χ0v) is 9.37. The van der Waals surface area contributed by atoms with Crippen LogP contribution in [0.15, 0.2) is 11.3 Å². The largest absolute Gasteiger partial charge is 0.508 e. The van der Waals surface area contributed by atoms with Gasteiger partial charge in [0, 0.05) is 0 Å². The van der Waals surface area contributed by atoms with Crippen LogP contribution in [0.3, 0.4) is 0 Å². The number of allylic oxidation sites excluding steroid dienone is 1. The Morgan fingerprint density at radius 1 is 1.38 bits per heavy atom. The van der Waals surface area contributed by atoms with Crippen molar-refractivity contribution < 1.29 is 14.6 Å². The van der Waals surface area contributed by atoms with E-state index in [4.69, 9.17) is 15.3 Å². The third kappa shape index (κ3) is 5.51. The van der Waals surface area contributed by atoms with Crippen LogP contribution in [0, 0.1) is 22.7 Å². The number of amides is 1. The molecule has 0 fully saturated rings. The molecule has 0 bridgehead atoms. The summed E-state index contributed by atoms with van der Waals surface area (Å²) >= 11 is 0. The maximum Gasteiger partial charge on any atom is 0.408 e. The maximum absolute atomic E-state index is 11.1. The second-order valence-corrected chi connectivity index (χ2v) is 3.90. The van der Waals surface area contributed by atoms with Gasteiger partial charge < -0.3 is 15.2 Å². The zero-order chi connectivity index (χ0) is 12.8. The highest BCUT2D eigenvalue weighted by atomic mass is 16.6. The number of alkyl carbamates (subject to hydrolysis) is 1. The molecule has 0 aromatic heterocycles. The van der Waals surface area contributed by atoms with Crippen molar-refractivity contribution in [3.63, 3.8) is 0 Å². The average Bonchev–Trinajstić information content (AvgIpc) is 2.14. The number of hydrogen-bond acceptors (Lipinski definition) is 5. The predicted octanol–water partition coefficient (Wildman–Crippen LogP) is 1.37. The molecule has 0 rings (SSSR count). The highest BCUT2D eigenvalue weighted by Gasteiger charge is 2.16. The average molecular weight is 223 g/mol. The summed E-state index contributed by atoms with van der Waals surface area (Å²) in [5.74, 6) is -0.490. The van der Waals surface area contributed by atoms with Crippen molar-refractivity contribution in [2.45, 2.75) is 26.4 Å². The van der Waals surface area contributed by atoms with E-state index in [-0.39, 0.29) is 6.54 Å². The molecular weight excluding hydrogens is 210 g/mol. The Morgan fingerprint density at radius 3 is 2.25 bits per heavy atom. The Bertz CT molecular complexity index is 364. The fourth-order valence-electron chi connectivity index (χ4n) is 0.713. The van der Waals surface area contributed by atoms with Gasteiger partial charge in [0.05, 0.1) is 6.54 Å². The first kappa shape index (κ1) is 13.8. The number of aliphatic hydroxyl groups excluding tert-OH is 1. The van der Waals surface area contributed by atoms with Gasteiger partial charge in [-0.3, -0.25) is 0 Å². The van der Waals surface area contributed by atoms with Crippen LogP contribution < -0.4 is 5.32 Å². The Labute approximate surface area is 93.7 Å². The second kappa shape index (κ2) is 5.62. The zero-order valence-electron chi connectivity index (χ0n) is 9.37. The number of rotatable bonds is 2. The normalized spacial score (nSPS) is 9.56. The number of nitrogens with one attached hydrogen (secondary N) is 1. The van der Waals surface area contributed by atoms with E-state index in [0.717, 1.165) is 0 Å². The smallest absolute Gasteiger partial charge is 0.408 e. The summed E-state index contributed by atoms with van der Waals surface area (Å²) in [6.07, 6.45) is -0.728. The first-order chi connectivity index (χ1) is 7.30. The molecule has 0 aliphatic rings. The van der Waals surface area contributed by atoms with Crippen molar-refractivity contribution in [1.29, 1.82) is 10.5 Å². The van der Waals surface area contributed by atoms with Gasteiger partial charge in [0.15, 0.2) is 5.57 Å². The van der Waals surface area contributed by atoms with Gasteiger partial charge in [-0.2, -0.15) is 10.5 Å². The van der Waals surface area contributed by atoms with Crippen LogP contribution in [0.1, 0.15) is 20.8 Å². The minimum Gasteiger partial charge on any atom is -0.508 e. The fourth-order valence-corrected chi connectivity index (χ4v) is 0.713. The van der Waals surface area contributed by atoms with Crippen molar-refractivity contribution in [3.8, 4) is 12.1 Å². The maximum atomic E-state index is 11.1. The highest BCUT2D eigenvalue weighted by molar-refractivity contribution is 5.68. The number of hydrogen-bond donors (Lipinski definition) is 2. The molecule has 0 heterocycles. The van der Waals surface area contributed by atoms with Crippen LogP contribution in [0.5, 0.6) is 0 Å². The second-order valence-electron chi connectivity index (χ2n) is 3.90. The summed E-state index contributed by atoms with van der Waals surface area (Å²) in [5, 5.41) is 28.3. The van der Waals surface area contributed by atoms with E-state index in [2.05, 4.69) is 5.32 Å². The quantitative estimate of drug-likeness (QED) is 0.543. The van der Waals surface area contributed by atoms with Gasteiger partial charge >= 0.3 is 6.09 Å². The summed E-state index contributed by atoms with van der Waals surface area (Å²) in [6.45, 7) is 4.76. The predicted molar refractivity (Wildman–Crippen MR) is 55.1 cm³/mol. The Kier molecular flexibility index (Phi) is 4.84.